The number of carbonyl (C=O) groups is 1. The minimum absolute atomic E-state index is 0.0920. The van der Waals surface area contributed by atoms with Gasteiger partial charge in [0.25, 0.3) is 0 Å². The number of hydrogen-bond donors (Lipinski definition) is 2. The molecule has 1 unspecified atom stereocenters. The second kappa shape index (κ2) is 7.26. The summed E-state index contributed by atoms with van der Waals surface area (Å²) in [6, 6.07) is 2.00. The minimum Gasteiger partial charge on any atom is -0.382 e. The molecule has 1 aromatic rings. The van der Waals surface area contributed by atoms with Gasteiger partial charge in [-0.15, -0.1) is 11.3 Å². The summed E-state index contributed by atoms with van der Waals surface area (Å²) in [4.78, 5) is 14.9. The molecule has 2 aliphatic heterocycles. The lowest BCUT2D eigenvalue weighted by Crippen LogP contribution is -2.53. The van der Waals surface area contributed by atoms with Crippen molar-refractivity contribution >= 4 is 17.2 Å². The van der Waals surface area contributed by atoms with Gasteiger partial charge >= 0.3 is 0 Å². The van der Waals surface area contributed by atoms with E-state index < -0.39 is 24.0 Å². The summed E-state index contributed by atoms with van der Waals surface area (Å²) >= 11 is 1.44. The summed E-state index contributed by atoms with van der Waals surface area (Å²) in [6.07, 6.45) is -1.55. The van der Waals surface area contributed by atoms with Gasteiger partial charge in [0.15, 0.2) is 0 Å². The summed E-state index contributed by atoms with van der Waals surface area (Å²) in [5, 5.41) is 9.73. The molecular weight excluding hydrogens is 350 g/mol. The lowest BCUT2D eigenvalue weighted by Gasteiger charge is -2.47. The van der Waals surface area contributed by atoms with E-state index in [1.54, 1.807) is 0 Å². The molecule has 1 fully saturated rings. The van der Waals surface area contributed by atoms with Gasteiger partial charge in [0, 0.05) is 35.3 Å². The van der Waals surface area contributed by atoms with Crippen LogP contribution in [0.5, 0.6) is 0 Å². The van der Waals surface area contributed by atoms with Gasteiger partial charge in [0.2, 0.25) is 12.3 Å². The third-order valence-electron chi connectivity index (χ3n) is 5.17. The van der Waals surface area contributed by atoms with Crippen LogP contribution in [-0.4, -0.2) is 54.2 Å². The number of rotatable bonds is 5. The number of primary amides is 1. The molecule has 1 amide bonds. The molecule has 140 valence electrons. The predicted molar refractivity (Wildman–Crippen MR) is 90.8 cm³/mol. The summed E-state index contributed by atoms with van der Waals surface area (Å²) in [7, 11) is 0. The van der Waals surface area contributed by atoms with Crippen molar-refractivity contribution in [3.63, 3.8) is 0 Å². The zero-order chi connectivity index (χ0) is 18.2. The highest BCUT2D eigenvalue weighted by Gasteiger charge is 2.45. The van der Waals surface area contributed by atoms with Crippen LogP contribution in [0.1, 0.15) is 35.1 Å². The normalized spacial score (nSPS) is 28.3. The molecule has 0 saturated carbocycles. The fourth-order valence-corrected chi connectivity index (χ4v) is 5.30. The van der Waals surface area contributed by atoms with Crippen LogP contribution < -0.4 is 5.73 Å². The number of halogens is 2. The molecule has 3 atom stereocenters. The Morgan fingerprint density at radius 1 is 1.60 bits per heavy atom. The van der Waals surface area contributed by atoms with Crippen molar-refractivity contribution in [3.8, 4) is 0 Å². The zero-order valence-electron chi connectivity index (χ0n) is 14.2. The molecule has 0 aromatic carbocycles. The van der Waals surface area contributed by atoms with Gasteiger partial charge in [-0.3, -0.25) is 9.69 Å². The molecule has 2 aliphatic rings. The number of β-amino-alcohol motifs (C(OH)–C–C–N with tert-alkyl or cyclic N) is 1. The molecule has 0 bridgehead atoms. The van der Waals surface area contributed by atoms with Crippen LogP contribution in [0.2, 0.25) is 0 Å². The van der Waals surface area contributed by atoms with Crippen molar-refractivity contribution in [2.75, 3.05) is 19.7 Å². The zero-order valence-corrected chi connectivity index (χ0v) is 15.0. The number of amides is 1. The van der Waals surface area contributed by atoms with Gasteiger partial charge in [-0.1, -0.05) is 0 Å². The van der Waals surface area contributed by atoms with E-state index in [9.17, 15) is 18.7 Å². The number of fused-ring (bicyclic) bond motifs is 2. The number of nitrogens with two attached hydrogens (primary N) is 1. The third kappa shape index (κ3) is 3.86. The Bertz CT molecular complexity index is 639. The Kier molecular flexibility index (Phi) is 5.43. The van der Waals surface area contributed by atoms with Crippen molar-refractivity contribution in [1.29, 1.82) is 0 Å². The van der Waals surface area contributed by atoms with Crippen LogP contribution in [-0.2, 0) is 28.0 Å². The number of nitrogens with zero attached hydrogens (tertiary/aromatic N) is 1. The quantitative estimate of drug-likeness (QED) is 0.822. The summed E-state index contributed by atoms with van der Waals surface area (Å²) in [5.74, 6) is -0.724. The van der Waals surface area contributed by atoms with Gasteiger partial charge in [-0.05, 0) is 37.8 Å². The molecule has 3 heterocycles. The molecule has 3 rings (SSSR count). The molecule has 8 heteroatoms. The average molecular weight is 374 g/mol. The summed E-state index contributed by atoms with van der Waals surface area (Å²) in [6.45, 7) is 3.49. The molecule has 0 aliphatic carbocycles. The first-order valence-corrected chi connectivity index (χ1v) is 9.38. The summed E-state index contributed by atoms with van der Waals surface area (Å²) < 4.78 is 31.6. The van der Waals surface area contributed by atoms with Gasteiger partial charge in [-0.2, -0.15) is 0 Å². The second-order valence-corrected chi connectivity index (χ2v) is 8.11. The van der Waals surface area contributed by atoms with Crippen LogP contribution in [0.4, 0.5) is 8.78 Å². The van der Waals surface area contributed by atoms with Gasteiger partial charge in [0.1, 0.15) is 11.7 Å². The van der Waals surface area contributed by atoms with E-state index in [4.69, 9.17) is 10.5 Å². The van der Waals surface area contributed by atoms with Crippen molar-refractivity contribution in [3.05, 3.63) is 21.4 Å². The number of hydrogen-bond acceptors (Lipinski definition) is 5. The van der Waals surface area contributed by atoms with Crippen LogP contribution in [0.3, 0.4) is 0 Å². The first kappa shape index (κ1) is 18.7. The fraction of sp³-hybridized carbons (Fsp3) is 0.706. The first-order chi connectivity index (χ1) is 11.8. The second-order valence-electron chi connectivity index (χ2n) is 6.97. The van der Waals surface area contributed by atoms with Gasteiger partial charge in [-0.25, -0.2) is 8.78 Å². The smallest absolute Gasteiger partial charge is 0.247 e. The maximum Gasteiger partial charge on any atom is 0.247 e. The van der Waals surface area contributed by atoms with Crippen molar-refractivity contribution in [2.24, 2.45) is 5.73 Å². The van der Waals surface area contributed by atoms with E-state index >= 15 is 0 Å². The van der Waals surface area contributed by atoms with E-state index in [0.29, 0.717) is 30.9 Å². The van der Waals surface area contributed by atoms with Crippen molar-refractivity contribution in [1.82, 2.24) is 4.90 Å². The third-order valence-corrected chi connectivity index (χ3v) is 6.55. The fourth-order valence-electron chi connectivity index (χ4n) is 3.91. The molecule has 1 saturated heterocycles. The van der Waals surface area contributed by atoms with E-state index in [1.807, 2.05) is 17.9 Å². The number of aliphatic hydroxyl groups excluding tert-OH is 1. The topological polar surface area (TPSA) is 75.8 Å². The van der Waals surface area contributed by atoms with E-state index in [-0.39, 0.29) is 19.0 Å². The maximum atomic E-state index is 12.7. The largest absolute Gasteiger partial charge is 0.382 e. The highest BCUT2D eigenvalue weighted by molar-refractivity contribution is 7.12. The number of piperidine rings is 1. The Morgan fingerprint density at radius 3 is 3.00 bits per heavy atom. The Morgan fingerprint density at radius 2 is 2.36 bits per heavy atom. The van der Waals surface area contributed by atoms with Gasteiger partial charge in [0.05, 0.1) is 6.61 Å². The van der Waals surface area contributed by atoms with Crippen LogP contribution >= 0.6 is 11.3 Å². The SMILES string of the molecule is C[C@H]1C[C@@]2(CCN1CC(O)C(N)=O)OCCc1cc(CC(F)F)sc12. The molecule has 1 spiro atoms. The predicted octanol–water partition coefficient (Wildman–Crippen LogP) is 1.65. The number of likely N-dealkylation sites (tertiary alicyclic amines) is 1. The minimum atomic E-state index is -2.34. The molecular formula is C17H24F2N2O3S. The molecule has 5 nitrogen and oxygen atoms in total. The Hall–Kier alpha value is -1.09. The van der Waals surface area contributed by atoms with E-state index in [0.717, 1.165) is 16.9 Å². The standard InChI is InChI=1S/C17H24F2N2O3S/c1-10-8-17(3-4-21(10)9-13(22)16(20)23)15-11(2-5-24-17)6-12(25-15)7-14(18)19/h6,10,13-14,22H,2-5,7-9H2,1H3,(H2,20,23)/t10-,13?,17+/m0/s1. The van der Waals surface area contributed by atoms with Crippen LogP contribution in [0, 0.1) is 0 Å². The molecule has 25 heavy (non-hydrogen) atoms. The lowest BCUT2D eigenvalue weighted by molar-refractivity contribution is -0.131. The highest BCUT2D eigenvalue weighted by atomic mass is 32.1. The summed E-state index contributed by atoms with van der Waals surface area (Å²) in [5.41, 5.74) is 5.83. The van der Waals surface area contributed by atoms with Crippen LogP contribution in [0.25, 0.3) is 0 Å². The number of alkyl halides is 2. The number of aliphatic hydroxyl groups is 1. The number of carbonyl (C=O) groups excluding carboxylic acids is 1. The molecule has 1 aromatic heterocycles. The van der Waals surface area contributed by atoms with Gasteiger partial charge < -0.3 is 15.6 Å². The molecule has 3 N–H and O–H groups in total. The Balaban J connectivity index is 1.76. The van der Waals surface area contributed by atoms with Crippen LogP contribution in [0.15, 0.2) is 6.07 Å². The van der Waals surface area contributed by atoms with Crippen molar-refractivity contribution < 1.29 is 23.4 Å². The van der Waals surface area contributed by atoms with E-state index in [2.05, 4.69) is 0 Å². The average Bonchev–Trinajstić information content (AvgIpc) is 2.93. The van der Waals surface area contributed by atoms with Crippen molar-refractivity contribution in [2.45, 2.75) is 56.8 Å². The first-order valence-electron chi connectivity index (χ1n) is 8.56. The van der Waals surface area contributed by atoms with E-state index in [1.165, 1.54) is 11.3 Å². The number of ether oxygens (including phenoxy) is 1. The monoisotopic (exact) mass is 374 g/mol. The molecule has 0 radical (unpaired) electrons. The maximum absolute atomic E-state index is 12.7. The lowest BCUT2D eigenvalue weighted by atomic mass is 9.82. The Labute approximate surface area is 149 Å². The number of thiophene rings is 1. The highest BCUT2D eigenvalue weighted by Crippen LogP contribution is 2.47.